The number of benzene rings is 1. The number of nitro groups is 2. The molecule has 0 bridgehead atoms. The normalized spacial score (nSPS) is 9.56. The summed E-state index contributed by atoms with van der Waals surface area (Å²) in [7, 11) is 0. The molecule has 0 amide bonds. The maximum Gasteiger partial charge on any atom is 0.360 e. The first-order chi connectivity index (χ1) is 8.49. The molecule has 0 aliphatic rings. The minimum atomic E-state index is -1.01. The predicted molar refractivity (Wildman–Crippen MR) is 60.2 cm³/mol. The van der Waals surface area contributed by atoms with Crippen molar-refractivity contribution < 1.29 is 19.4 Å². The van der Waals surface area contributed by atoms with Crippen molar-refractivity contribution >= 4 is 17.3 Å². The lowest BCUT2D eigenvalue weighted by atomic mass is 10.1. The lowest BCUT2D eigenvalue weighted by molar-refractivity contribution is -0.422. The zero-order valence-electron chi connectivity index (χ0n) is 9.07. The molecule has 0 saturated carbocycles. The summed E-state index contributed by atoms with van der Waals surface area (Å²) in [6.45, 7) is 3.17. The minimum Gasteiger partial charge on any atom is -0.458 e. The second kappa shape index (κ2) is 5.53. The van der Waals surface area contributed by atoms with Gasteiger partial charge in [-0.05, 0) is 6.07 Å². The standard InChI is InChI=1S/C10H8N2O6/c1-2-6-18-10(13)7-4-3-5-8(11(14)15)9(7)12(16)17/h2-5H,1,6H2. The van der Waals surface area contributed by atoms with Crippen LogP contribution < -0.4 is 0 Å². The molecule has 0 spiro atoms. The summed E-state index contributed by atoms with van der Waals surface area (Å²) in [5.74, 6) is -1.01. The second-order valence-electron chi connectivity index (χ2n) is 3.07. The van der Waals surface area contributed by atoms with Gasteiger partial charge in [-0.25, -0.2) is 4.79 Å². The van der Waals surface area contributed by atoms with Crippen molar-refractivity contribution in [1.82, 2.24) is 0 Å². The molecule has 0 heterocycles. The Labute approximate surface area is 101 Å². The summed E-state index contributed by atoms with van der Waals surface area (Å²) in [4.78, 5) is 31.0. The van der Waals surface area contributed by atoms with Crippen LogP contribution >= 0.6 is 0 Å². The van der Waals surface area contributed by atoms with E-state index in [1.165, 1.54) is 12.1 Å². The van der Waals surface area contributed by atoms with Crippen LogP contribution in [0.2, 0.25) is 0 Å². The molecule has 1 aromatic rings. The van der Waals surface area contributed by atoms with Gasteiger partial charge in [0.05, 0.1) is 9.85 Å². The highest BCUT2D eigenvalue weighted by molar-refractivity contribution is 5.95. The Morgan fingerprint density at radius 3 is 2.50 bits per heavy atom. The van der Waals surface area contributed by atoms with E-state index in [4.69, 9.17) is 0 Å². The first-order valence-electron chi connectivity index (χ1n) is 4.68. The fourth-order valence-electron chi connectivity index (χ4n) is 1.25. The molecule has 0 fully saturated rings. The predicted octanol–water partition coefficient (Wildman–Crippen LogP) is 1.85. The molecular weight excluding hydrogens is 244 g/mol. The van der Waals surface area contributed by atoms with Crippen molar-refractivity contribution in [2.75, 3.05) is 6.61 Å². The summed E-state index contributed by atoms with van der Waals surface area (Å²) in [5.41, 5.74) is -2.10. The highest BCUT2D eigenvalue weighted by Gasteiger charge is 2.31. The van der Waals surface area contributed by atoms with E-state index in [2.05, 4.69) is 11.3 Å². The second-order valence-corrected chi connectivity index (χ2v) is 3.07. The number of carbonyl (C=O) groups excluding carboxylic acids is 1. The van der Waals surface area contributed by atoms with Gasteiger partial charge in [0.1, 0.15) is 12.2 Å². The molecule has 18 heavy (non-hydrogen) atoms. The van der Waals surface area contributed by atoms with Crippen LogP contribution in [0.5, 0.6) is 0 Å². The number of hydrogen-bond donors (Lipinski definition) is 0. The van der Waals surface area contributed by atoms with E-state index in [-0.39, 0.29) is 6.61 Å². The van der Waals surface area contributed by atoms with E-state index in [1.807, 2.05) is 0 Å². The Morgan fingerprint density at radius 1 is 1.33 bits per heavy atom. The van der Waals surface area contributed by atoms with Crippen LogP contribution in [0.3, 0.4) is 0 Å². The van der Waals surface area contributed by atoms with Crippen LogP contribution in [0.1, 0.15) is 10.4 Å². The molecule has 8 nitrogen and oxygen atoms in total. The fourth-order valence-corrected chi connectivity index (χ4v) is 1.25. The summed E-state index contributed by atoms with van der Waals surface area (Å²) >= 11 is 0. The van der Waals surface area contributed by atoms with E-state index in [0.717, 1.165) is 12.1 Å². The van der Waals surface area contributed by atoms with Crippen molar-refractivity contribution in [3.8, 4) is 0 Å². The van der Waals surface area contributed by atoms with Gasteiger partial charge in [-0.15, -0.1) is 0 Å². The average molecular weight is 252 g/mol. The van der Waals surface area contributed by atoms with Gasteiger partial charge in [0.2, 0.25) is 0 Å². The third-order valence-electron chi connectivity index (χ3n) is 1.95. The molecule has 0 aliphatic heterocycles. The quantitative estimate of drug-likeness (QED) is 0.342. The molecule has 1 rings (SSSR count). The van der Waals surface area contributed by atoms with E-state index in [1.54, 1.807) is 0 Å². The molecule has 0 N–H and O–H groups in total. The molecule has 8 heteroatoms. The molecule has 0 radical (unpaired) electrons. The Bertz CT molecular complexity index is 525. The van der Waals surface area contributed by atoms with Gasteiger partial charge in [0.15, 0.2) is 0 Å². The Morgan fingerprint density at radius 2 is 2.00 bits per heavy atom. The first kappa shape index (κ1) is 13.3. The summed E-state index contributed by atoms with van der Waals surface area (Å²) in [5, 5.41) is 21.4. The van der Waals surface area contributed by atoms with Gasteiger partial charge in [-0.3, -0.25) is 20.2 Å². The lowest BCUT2D eigenvalue weighted by Crippen LogP contribution is -2.09. The number of para-hydroxylation sites is 1. The van der Waals surface area contributed by atoms with Gasteiger partial charge in [0, 0.05) is 6.07 Å². The van der Waals surface area contributed by atoms with Crippen LogP contribution in [0.4, 0.5) is 11.4 Å². The van der Waals surface area contributed by atoms with Gasteiger partial charge < -0.3 is 4.74 Å². The molecular formula is C10H8N2O6. The van der Waals surface area contributed by atoms with Gasteiger partial charge in [-0.2, -0.15) is 0 Å². The fraction of sp³-hybridized carbons (Fsp3) is 0.100. The maximum atomic E-state index is 11.5. The van der Waals surface area contributed by atoms with Crippen molar-refractivity contribution in [3.63, 3.8) is 0 Å². The van der Waals surface area contributed by atoms with E-state index >= 15 is 0 Å². The molecule has 1 aromatic carbocycles. The molecule has 0 saturated heterocycles. The highest BCUT2D eigenvalue weighted by atomic mass is 16.6. The van der Waals surface area contributed by atoms with Crippen molar-refractivity contribution in [1.29, 1.82) is 0 Å². The van der Waals surface area contributed by atoms with Crippen LogP contribution in [0, 0.1) is 20.2 Å². The number of rotatable bonds is 5. The number of nitro benzene ring substituents is 2. The number of hydrogen-bond acceptors (Lipinski definition) is 6. The monoisotopic (exact) mass is 252 g/mol. The van der Waals surface area contributed by atoms with Crippen molar-refractivity contribution in [2.45, 2.75) is 0 Å². The zero-order chi connectivity index (χ0) is 13.7. The van der Waals surface area contributed by atoms with Gasteiger partial charge in [0.25, 0.3) is 0 Å². The first-order valence-corrected chi connectivity index (χ1v) is 4.68. The zero-order valence-corrected chi connectivity index (χ0v) is 9.07. The van der Waals surface area contributed by atoms with Crippen LogP contribution in [-0.2, 0) is 4.74 Å². The maximum absolute atomic E-state index is 11.5. The van der Waals surface area contributed by atoms with Crippen LogP contribution in [-0.4, -0.2) is 22.4 Å². The summed E-state index contributed by atoms with van der Waals surface area (Å²) < 4.78 is 4.62. The molecule has 0 unspecified atom stereocenters. The lowest BCUT2D eigenvalue weighted by Gasteiger charge is -2.03. The number of ether oxygens (including phenoxy) is 1. The largest absolute Gasteiger partial charge is 0.458 e. The molecule has 0 aromatic heterocycles. The Hall–Kier alpha value is -2.77. The van der Waals surface area contributed by atoms with Gasteiger partial charge >= 0.3 is 17.3 Å². The number of esters is 1. The molecule has 0 atom stereocenters. The van der Waals surface area contributed by atoms with E-state index in [0.29, 0.717) is 0 Å². The highest BCUT2D eigenvalue weighted by Crippen LogP contribution is 2.30. The number of carbonyl (C=O) groups is 1. The summed E-state index contributed by atoms with van der Waals surface area (Å²) in [6, 6.07) is 3.22. The van der Waals surface area contributed by atoms with Crippen molar-refractivity contribution in [3.05, 3.63) is 56.6 Å². The van der Waals surface area contributed by atoms with Crippen LogP contribution in [0.25, 0.3) is 0 Å². The smallest absolute Gasteiger partial charge is 0.360 e. The third-order valence-corrected chi connectivity index (χ3v) is 1.95. The van der Waals surface area contributed by atoms with Crippen molar-refractivity contribution in [2.24, 2.45) is 0 Å². The minimum absolute atomic E-state index is 0.140. The molecule has 0 aliphatic carbocycles. The van der Waals surface area contributed by atoms with Gasteiger partial charge in [-0.1, -0.05) is 18.7 Å². The average Bonchev–Trinajstić information content (AvgIpc) is 2.34. The number of nitrogens with zero attached hydrogens (tertiary/aromatic N) is 2. The topological polar surface area (TPSA) is 113 Å². The Kier molecular flexibility index (Phi) is 4.08. The SMILES string of the molecule is C=CCOC(=O)c1cccc([N+](=O)[O-])c1[N+](=O)[O-]. The molecule has 94 valence electrons. The van der Waals surface area contributed by atoms with E-state index < -0.39 is 32.8 Å². The van der Waals surface area contributed by atoms with E-state index in [9.17, 15) is 25.0 Å². The van der Waals surface area contributed by atoms with Crippen LogP contribution in [0.15, 0.2) is 30.9 Å². The summed E-state index contributed by atoms with van der Waals surface area (Å²) in [6.07, 6.45) is 1.28. The third kappa shape index (κ3) is 2.67. The Balaban J connectivity index is 3.31.